The van der Waals surface area contributed by atoms with Crippen LogP contribution in [0.2, 0.25) is 5.02 Å². The predicted octanol–water partition coefficient (Wildman–Crippen LogP) is 3.33. The Morgan fingerprint density at radius 1 is 1.36 bits per heavy atom. The average Bonchev–Trinajstić information content (AvgIpc) is 3.22. The molecule has 130 valence electrons. The first-order valence-electron chi connectivity index (χ1n) is 7.44. The fourth-order valence-corrected chi connectivity index (χ4v) is 3.06. The van der Waals surface area contributed by atoms with Crippen LogP contribution in [0.3, 0.4) is 0 Å². The van der Waals surface area contributed by atoms with Crippen LogP contribution in [0.25, 0.3) is 11.6 Å². The Bertz CT molecular complexity index is 894. The van der Waals surface area contributed by atoms with Gasteiger partial charge in [-0.3, -0.25) is 4.79 Å². The molecule has 1 aromatic carbocycles. The van der Waals surface area contributed by atoms with Crippen molar-refractivity contribution in [1.29, 1.82) is 0 Å². The Morgan fingerprint density at radius 3 is 2.88 bits per heavy atom. The Labute approximate surface area is 153 Å². The highest BCUT2D eigenvalue weighted by atomic mass is 35.5. The maximum absolute atomic E-state index is 12.4. The van der Waals surface area contributed by atoms with Gasteiger partial charge in [-0.15, -0.1) is 10.2 Å². The molecule has 0 saturated heterocycles. The summed E-state index contributed by atoms with van der Waals surface area (Å²) in [5, 5.41) is 11.5. The first-order valence-corrected chi connectivity index (χ1v) is 8.70. The molecule has 0 aliphatic rings. The lowest BCUT2D eigenvalue weighted by atomic mass is 10.2. The number of nitrogens with two attached hydrogens (primary N) is 1. The lowest BCUT2D eigenvalue weighted by Gasteiger charge is -2.13. The number of nitrogen functional groups attached to an aromatic ring is 1. The molecule has 0 spiro atoms. The van der Waals surface area contributed by atoms with Gasteiger partial charge in [0.25, 0.3) is 0 Å². The third-order valence-electron chi connectivity index (χ3n) is 3.58. The van der Waals surface area contributed by atoms with Crippen LogP contribution in [0.15, 0.2) is 46.2 Å². The summed E-state index contributed by atoms with van der Waals surface area (Å²) in [7, 11) is 0. The maximum Gasteiger partial charge on any atom is 0.237 e. The summed E-state index contributed by atoms with van der Waals surface area (Å²) in [4.78, 5) is 12.4. The van der Waals surface area contributed by atoms with Crippen molar-refractivity contribution in [1.82, 2.24) is 14.9 Å². The SMILES string of the molecule is Cc1c(Cl)cccc1NC(=O)[C@H](C)Sc1nnc(-c2ccco2)n1N. The molecule has 0 unspecified atom stereocenters. The summed E-state index contributed by atoms with van der Waals surface area (Å²) in [6.07, 6.45) is 1.53. The van der Waals surface area contributed by atoms with Crippen molar-refractivity contribution in [2.24, 2.45) is 0 Å². The van der Waals surface area contributed by atoms with Gasteiger partial charge in [0, 0.05) is 10.7 Å². The predicted molar refractivity (Wildman–Crippen MR) is 98.0 cm³/mol. The molecule has 0 fully saturated rings. The molecular weight excluding hydrogens is 362 g/mol. The van der Waals surface area contributed by atoms with Gasteiger partial charge in [-0.2, -0.15) is 0 Å². The minimum atomic E-state index is -0.436. The standard InChI is InChI=1S/C16H16ClN5O2S/c1-9-11(17)5-3-6-12(9)19-15(23)10(2)25-16-21-20-14(22(16)18)13-7-4-8-24-13/h3-8,10H,18H2,1-2H3,(H,19,23)/t10-/m0/s1. The molecule has 2 heterocycles. The molecule has 0 saturated carbocycles. The van der Waals surface area contributed by atoms with E-state index in [1.807, 2.05) is 6.92 Å². The Morgan fingerprint density at radius 2 is 2.16 bits per heavy atom. The second-order valence-electron chi connectivity index (χ2n) is 5.32. The molecule has 3 aromatic rings. The molecule has 1 amide bonds. The first-order chi connectivity index (χ1) is 12.0. The molecule has 9 heteroatoms. The van der Waals surface area contributed by atoms with Gasteiger partial charge in [-0.05, 0) is 43.7 Å². The van der Waals surface area contributed by atoms with Crippen LogP contribution in [0, 0.1) is 6.92 Å². The molecule has 3 rings (SSSR count). The summed E-state index contributed by atoms with van der Waals surface area (Å²) >= 11 is 7.28. The molecule has 1 atom stereocenters. The molecule has 0 bridgehead atoms. The topological polar surface area (TPSA) is 99.0 Å². The number of furan rings is 1. The van der Waals surface area contributed by atoms with Gasteiger partial charge >= 0.3 is 0 Å². The van der Waals surface area contributed by atoms with Gasteiger partial charge in [0.1, 0.15) is 0 Å². The Balaban J connectivity index is 1.71. The summed E-state index contributed by atoms with van der Waals surface area (Å²) in [6.45, 7) is 3.61. The van der Waals surface area contributed by atoms with E-state index in [4.69, 9.17) is 21.9 Å². The number of anilines is 1. The van der Waals surface area contributed by atoms with E-state index < -0.39 is 5.25 Å². The second-order valence-corrected chi connectivity index (χ2v) is 7.03. The van der Waals surface area contributed by atoms with E-state index in [1.54, 1.807) is 37.3 Å². The minimum absolute atomic E-state index is 0.182. The van der Waals surface area contributed by atoms with E-state index in [9.17, 15) is 4.79 Å². The van der Waals surface area contributed by atoms with E-state index in [-0.39, 0.29) is 5.91 Å². The molecular formula is C16H16ClN5O2S. The van der Waals surface area contributed by atoms with Crippen LogP contribution in [-0.2, 0) is 4.79 Å². The van der Waals surface area contributed by atoms with Gasteiger partial charge in [0.15, 0.2) is 5.76 Å². The van der Waals surface area contributed by atoms with Crippen LogP contribution in [0.5, 0.6) is 0 Å². The quantitative estimate of drug-likeness (QED) is 0.522. The number of nitrogens with one attached hydrogen (secondary N) is 1. The minimum Gasteiger partial charge on any atom is -0.461 e. The molecule has 0 aliphatic heterocycles. The van der Waals surface area contributed by atoms with Crippen molar-refractivity contribution >= 4 is 35.0 Å². The fraction of sp³-hybridized carbons (Fsp3) is 0.188. The van der Waals surface area contributed by atoms with Crippen LogP contribution in [-0.4, -0.2) is 26.0 Å². The van der Waals surface area contributed by atoms with Crippen LogP contribution in [0.1, 0.15) is 12.5 Å². The third kappa shape index (κ3) is 3.64. The summed E-state index contributed by atoms with van der Waals surface area (Å²) < 4.78 is 6.57. The van der Waals surface area contributed by atoms with Crippen molar-refractivity contribution in [2.75, 3.05) is 11.2 Å². The number of hydrogen-bond donors (Lipinski definition) is 2. The molecule has 7 nitrogen and oxygen atoms in total. The molecule has 2 aromatic heterocycles. The molecule has 3 N–H and O–H groups in total. The van der Waals surface area contributed by atoms with E-state index in [0.717, 1.165) is 5.56 Å². The number of thioether (sulfide) groups is 1. The van der Waals surface area contributed by atoms with Crippen molar-refractivity contribution < 1.29 is 9.21 Å². The lowest BCUT2D eigenvalue weighted by Crippen LogP contribution is -2.24. The normalized spacial score (nSPS) is 12.1. The third-order valence-corrected chi connectivity index (χ3v) is 5.05. The number of halogens is 1. The maximum atomic E-state index is 12.4. The van der Waals surface area contributed by atoms with Gasteiger partial charge in [-0.1, -0.05) is 29.4 Å². The first kappa shape index (κ1) is 17.4. The number of carbonyl (C=O) groups excluding carboxylic acids is 1. The van der Waals surface area contributed by atoms with Crippen molar-refractivity contribution in [3.63, 3.8) is 0 Å². The number of nitrogens with zero attached hydrogens (tertiary/aromatic N) is 3. The number of amides is 1. The molecule has 0 radical (unpaired) electrons. The number of benzene rings is 1. The zero-order chi connectivity index (χ0) is 18.0. The number of carbonyl (C=O) groups is 1. The zero-order valence-electron chi connectivity index (χ0n) is 13.6. The summed E-state index contributed by atoms with van der Waals surface area (Å²) in [6, 6.07) is 8.84. The largest absolute Gasteiger partial charge is 0.461 e. The van der Waals surface area contributed by atoms with Crippen molar-refractivity contribution in [2.45, 2.75) is 24.3 Å². The Hall–Kier alpha value is -2.45. The fourth-order valence-electron chi connectivity index (χ4n) is 2.12. The van der Waals surface area contributed by atoms with Gasteiger partial charge in [0.2, 0.25) is 16.9 Å². The van der Waals surface area contributed by atoms with E-state index in [2.05, 4.69) is 15.5 Å². The summed E-state index contributed by atoms with van der Waals surface area (Å²) in [5.74, 6) is 6.72. The van der Waals surface area contributed by atoms with Crippen molar-refractivity contribution in [3.8, 4) is 11.6 Å². The molecule has 25 heavy (non-hydrogen) atoms. The monoisotopic (exact) mass is 377 g/mol. The van der Waals surface area contributed by atoms with E-state index >= 15 is 0 Å². The lowest BCUT2D eigenvalue weighted by molar-refractivity contribution is -0.115. The summed E-state index contributed by atoms with van der Waals surface area (Å²) in [5.41, 5.74) is 1.49. The van der Waals surface area contributed by atoms with Crippen molar-refractivity contribution in [3.05, 3.63) is 47.2 Å². The van der Waals surface area contributed by atoms with Crippen LogP contribution < -0.4 is 11.2 Å². The highest BCUT2D eigenvalue weighted by Crippen LogP contribution is 2.27. The highest BCUT2D eigenvalue weighted by molar-refractivity contribution is 8.00. The van der Waals surface area contributed by atoms with Crippen LogP contribution in [0.4, 0.5) is 5.69 Å². The smallest absolute Gasteiger partial charge is 0.237 e. The average molecular weight is 378 g/mol. The zero-order valence-corrected chi connectivity index (χ0v) is 15.1. The number of hydrogen-bond acceptors (Lipinski definition) is 6. The highest BCUT2D eigenvalue weighted by Gasteiger charge is 2.21. The van der Waals surface area contributed by atoms with E-state index in [0.29, 0.717) is 27.5 Å². The van der Waals surface area contributed by atoms with Gasteiger partial charge < -0.3 is 15.6 Å². The Kier molecular flexibility index (Phi) is 5.00. The van der Waals surface area contributed by atoms with Gasteiger partial charge in [-0.25, -0.2) is 4.68 Å². The number of rotatable bonds is 5. The van der Waals surface area contributed by atoms with Gasteiger partial charge in [0.05, 0.1) is 11.5 Å². The second kappa shape index (κ2) is 7.20. The number of aromatic nitrogens is 3. The van der Waals surface area contributed by atoms with Crippen LogP contribution >= 0.6 is 23.4 Å². The molecule has 0 aliphatic carbocycles. The van der Waals surface area contributed by atoms with E-state index in [1.165, 1.54) is 22.7 Å².